The number of hydrogen-bond donors (Lipinski definition) is 3. The minimum Gasteiger partial charge on any atom is -0.497 e. The van der Waals surface area contributed by atoms with Gasteiger partial charge in [0.1, 0.15) is 5.75 Å². The average molecular weight is 315 g/mol. The molecule has 0 aliphatic rings. The summed E-state index contributed by atoms with van der Waals surface area (Å²) in [5, 5.41) is 9.32. The van der Waals surface area contributed by atoms with Crippen LogP contribution in [0.4, 0.5) is 17.1 Å². The quantitative estimate of drug-likeness (QED) is 0.754. The Kier molecular flexibility index (Phi) is 5.32. The number of hydrogen-bond acceptors (Lipinski definition) is 3. The number of amides is 1. The van der Waals surface area contributed by atoms with Crippen molar-refractivity contribution in [2.24, 2.45) is 0 Å². The molecule has 2 aromatic rings. The van der Waals surface area contributed by atoms with Crippen molar-refractivity contribution in [3.8, 4) is 5.75 Å². The minimum atomic E-state index is -0.116. The number of carbonyl (C=O) groups is 1. The van der Waals surface area contributed by atoms with Gasteiger partial charge < -0.3 is 20.7 Å². The Morgan fingerprint density at radius 1 is 0.955 bits per heavy atom. The molecule has 2 rings (SSSR count). The molecule has 0 bridgehead atoms. The lowest BCUT2D eigenvalue weighted by molar-refractivity contribution is -0.114. The fourth-order valence-corrected chi connectivity index (χ4v) is 2.11. The third-order valence-corrected chi connectivity index (χ3v) is 2.97. The summed E-state index contributed by atoms with van der Waals surface area (Å²) in [6.07, 6.45) is 0. The van der Waals surface area contributed by atoms with Crippen molar-refractivity contribution in [2.45, 2.75) is 6.92 Å². The zero-order valence-electron chi connectivity index (χ0n) is 12.3. The summed E-state index contributed by atoms with van der Waals surface area (Å²) in [6.45, 7) is 1.47. The molecule has 6 heteroatoms. The number of thiocarbonyl (C=S) groups is 1. The second kappa shape index (κ2) is 7.42. The SMILES string of the molecule is COc1cccc(NC(=S)Nc2cccc(NC(C)=O)c2)c1. The first kappa shape index (κ1) is 15.8. The molecule has 0 atom stereocenters. The maximum Gasteiger partial charge on any atom is 0.221 e. The van der Waals surface area contributed by atoms with Gasteiger partial charge in [0.15, 0.2) is 5.11 Å². The van der Waals surface area contributed by atoms with E-state index in [0.29, 0.717) is 10.8 Å². The van der Waals surface area contributed by atoms with E-state index in [1.165, 1.54) is 6.92 Å². The van der Waals surface area contributed by atoms with E-state index in [9.17, 15) is 4.79 Å². The lowest BCUT2D eigenvalue weighted by Gasteiger charge is -2.12. The number of benzene rings is 2. The van der Waals surface area contributed by atoms with Crippen molar-refractivity contribution < 1.29 is 9.53 Å². The van der Waals surface area contributed by atoms with Crippen molar-refractivity contribution in [3.63, 3.8) is 0 Å². The highest BCUT2D eigenvalue weighted by atomic mass is 32.1. The van der Waals surface area contributed by atoms with E-state index < -0.39 is 0 Å². The maximum absolute atomic E-state index is 11.1. The van der Waals surface area contributed by atoms with Crippen LogP contribution in [0, 0.1) is 0 Å². The molecule has 114 valence electrons. The summed E-state index contributed by atoms with van der Waals surface area (Å²) in [6, 6.07) is 14.8. The van der Waals surface area contributed by atoms with Crippen molar-refractivity contribution in [1.29, 1.82) is 0 Å². The minimum absolute atomic E-state index is 0.116. The summed E-state index contributed by atoms with van der Waals surface area (Å²) >= 11 is 5.28. The molecule has 0 fully saturated rings. The molecule has 0 saturated heterocycles. The maximum atomic E-state index is 11.1. The van der Waals surface area contributed by atoms with E-state index in [1.54, 1.807) is 13.2 Å². The van der Waals surface area contributed by atoms with Crippen LogP contribution in [0.3, 0.4) is 0 Å². The third kappa shape index (κ3) is 4.75. The molecule has 0 heterocycles. The van der Waals surface area contributed by atoms with Gasteiger partial charge >= 0.3 is 0 Å². The number of methoxy groups -OCH3 is 1. The Hall–Kier alpha value is -2.60. The van der Waals surface area contributed by atoms with Gasteiger partial charge in [0.05, 0.1) is 7.11 Å². The normalized spacial score (nSPS) is 9.73. The van der Waals surface area contributed by atoms with Gasteiger partial charge in [0.25, 0.3) is 0 Å². The first-order valence-corrected chi connectivity index (χ1v) is 7.07. The van der Waals surface area contributed by atoms with Gasteiger partial charge in [-0.1, -0.05) is 12.1 Å². The zero-order chi connectivity index (χ0) is 15.9. The molecule has 2 aromatic carbocycles. The van der Waals surface area contributed by atoms with Crippen LogP contribution in [0.2, 0.25) is 0 Å². The summed E-state index contributed by atoms with van der Waals surface area (Å²) in [5.41, 5.74) is 2.32. The first-order valence-electron chi connectivity index (χ1n) is 6.66. The van der Waals surface area contributed by atoms with Crippen LogP contribution >= 0.6 is 12.2 Å². The standard InChI is InChI=1S/C16H17N3O2S/c1-11(20)17-12-5-3-6-13(9-12)18-16(22)19-14-7-4-8-15(10-14)21-2/h3-10H,1-2H3,(H,17,20)(H2,18,19,22). The molecule has 0 spiro atoms. The van der Waals surface area contributed by atoms with Crippen LogP contribution in [0.5, 0.6) is 5.75 Å². The predicted octanol–water partition coefficient (Wildman–Crippen LogP) is 3.46. The number of carbonyl (C=O) groups excluding carboxylic acids is 1. The Morgan fingerprint density at radius 2 is 1.50 bits per heavy atom. The van der Waals surface area contributed by atoms with Crippen molar-refractivity contribution in [3.05, 3.63) is 48.5 Å². The Balaban J connectivity index is 2.00. The summed E-state index contributed by atoms with van der Waals surface area (Å²) in [4.78, 5) is 11.1. The zero-order valence-corrected chi connectivity index (χ0v) is 13.2. The van der Waals surface area contributed by atoms with Crippen LogP contribution < -0.4 is 20.7 Å². The van der Waals surface area contributed by atoms with E-state index in [1.807, 2.05) is 42.5 Å². The molecule has 0 saturated carbocycles. The smallest absolute Gasteiger partial charge is 0.221 e. The topological polar surface area (TPSA) is 62.4 Å². The lowest BCUT2D eigenvalue weighted by Crippen LogP contribution is -2.19. The molecule has 0 aliphatic carbocycles. The highest BCUT2D eigenvalue weighted by Gasteiger charge is 2.02. The second-order valence-corrected chi connectivity index (χ2v) is 4.98. The van der Waals surface area contributed by atoms with Gasteiger partial charge in [-0.3, -0.25) is 4.79 Å². The molecule has 0 unspecified atom stereocenters. The van der Waals surface area contributed by atoms with Gasteiger partial charge in [-0.15, -0.1) is 0 Å². The third-order valence-electron chi connectivity index (χ3n) is 2.77. The van der Waals surface area contributed by atoms with Crippen LogP contribution in [0.1, 0.15) is 6.92 Å². The molecular formula is C16H17N3O2S. The van der Waals surface area contributed by atoms with Crippen LogP contribution in [0.15, 0.2) is 48.5 Å². The summed E-state index contributed by atoms with van der Waals surface area (Å²) in [5.74, 6) is 0.634. The number of ether oxygens (including phenoxy) is 1. The summed E-state index contributed by atoms with van der Waals surface area (Å²) < 4.78 is 5.16. The van der Waals surface area contributed by atoms with E-state index in [4.69, 9.17) is 17.0 Å². The Morgan fingerprint density at radius 3 is 2.09 bits per heavy atom. The second-order valence-electron chi connectivity index (χ2n) is 4.57. The van der Waals surface area contributed by atoms with Crippen molar-refractivity contribution >= 4 is 40.3 Å². The molecule has 5 nitrogen and oxygen atoms in total. The predicted molar refractivity (Wildman–Crippen MR) is 93.6 cm³/mol. The van der Waals surface area contributed by atoms with Gasteiger partial charge in [-0.2, -0.15) is 0 Å². The Labute approximate surface area is 134 Å². The monoisotopic (exact) mass is 315 g/mol. The molecule has 1 amide bonds. The fraction of sp³-hybridized carbons (Fsp3) is 0.125. The molecule has 3 N–H and O–H groups in total. The summed E-state index contributed by atoms with van der Waals surface area (Å²) in [7, 11) is 1.61. The molecular weight excluding hydrogens is 298 g/mol. The molecule has 0 radical (unpaired) electrons. The largest absolute Gasteiger partial charge is 0.497 e. The number of nitrogens with one attached hydrogen (secondary N) is 3. The van der Waals surface area contributed by atoms with Crippen LogP contribution in [-0.2, 0) is 4.79 Å². The van der Waals surface area contributed by atoms with Gasteiger partial charge in [-0.25, -0.2) is 0 Å². The van der Waals surface area contributed by atoms with Crippen LogP contribution in [-0.4, -0.2) is 18.1 Å². The molecule has 0 aliphatic heterocycles. The van der Waals surface area contributed by atoms with Crippen molar-refractivity contribution in [2.75, 3.05) is 23.1 Å². The van der Waals surface area contributed by atoms with Gasteiger partial charge in [0.2, 0.25) is 5.91 Å². The van der Waals surface area contributed by atoms with E-state index in [2.05, 4.69) is 16.0 Å². The Bertz CT molecular complexity index is 689. The van der Waals surface area contributed by atoms with E-state index >= 15 is 0 Å². The first-order chi connectivity index (χ1) is 10.6. The van der Waals surface area contributed by atoms with Crippen LogP contribution in [0.25, 0.3) is 0 Å². The van der Waals surface area contributed by atoms with E-state index in [-0.39, 0.29) is 5.91 Å². The van der Waals surface area contributed by atoms with Gasteiger partial charge in [0, 0.05) is 30.1 Å². The molecule has 22 heavy (non-hydrogen) atoms. The lowest BCUT2D eigenvalue weighted by atomic mass is 10.2. The van der Waals surface area contributed by atoms with E-state index in [0.717, 1.165) is 17.1 Å². The molecule has 0 aromatic heterocycles. The fourth-order valence-electron chi connectivity index (χ4n) is 1.87. The number of rotatable bonds is 4. The average Bonchev–Trinajstić information content (AvgIpc) is 2.47. The van der Waals surface area contributed by atoms with Gasteiger partial charge in [-0.05, 0) is 42.5 Å². The highest BCUT2D eigenvalue weighted by molar-refractivity contribution is 7.80. The highest BCUT2D eigenvalue weighted by Crippen LogP contribution is 2.18. The number of anilines is 3. The van der Waals surface area contributed by atoms with Crippen molar-refractivity contribution in [1.82, 2.24) is 0 Å².